The van der Waals surface area contributed by atoms with Crippen LogP contribution in [0.2, 0.25) is 0 Å². The van der Waals surface area contributed by atoms with Gasteiger partial charge in [-0.2, -0.15) is 0 Å². The summed E-state index contributed by atoms with van der Waals surface area (Å²) in [6, 6.07) is 4.26. The third kappa shape index (κ3) is 3.13. The second-order valence-corrected chi connectivity index (χ2v) is 6.97. The first kappa shape index (κ1) is 14.6. The van der Waals surface area contributed by atoms with Crippen LogP contribution in [-0.4, -0.2) is 30.4 Å². The van der Waals surface area contributed by atoms with Gasteiger partial charge < -0.3 is 5.32 Å². The molecule has 2 aliphatic rings. The Balaban J connectivity index is 1.60. The first-order valence-corrected chi connectivity index (χ1v) is 8.13. The molecule has 3 heteroatoms. The Bertz CT molecular complexity index is 517. The van der Waals surface area contributed by atoms with Gasteiger partial charge in [-0.25, -0.2) is 0 Å². The van der Waals surface area contributed by atoms with E-state index >= 15 is 0 Å². The minimum atomic E-state index is 0.130. The van der Waals surface area contributed by atoms with Gasteiger partial charge in [-0.15, -0.1) is 0 Å². The number of nitrogens with one attached hydrogen (secondary N) is 1. The van der Waals surface area contributed by atoms with Crippen LogP contribution in [0.3, 0.4) is 0 Å². The zero-order valence-electron chi connectivity index (χ0n) is 13.4. The summed E-state index contributed by atoms with van der Waals surface area (Å²) in [7, 11) is 0. The fourth-order valence-electron chi connectivity index (χ4n) is 4.22. The van der Waals surface area contributed by atoms with E-state index in [0.717, 1.165) is 41.7 Å². The summed E-state index contributed by atoms with van der Waals surface area (Å²) < 4.78 is 0. The number of aryl methyl sites for hydroxylation is 3. The van der Waals surface area contributed by atoms with Gasteiger partial charge in [-0.05, 0) is 56.6 Å². The Morgan fingerprint density at radius 2 is 1.71 bits per heavy atom. The van der Waals surface area contributed by atoms with Gasteiger partial charge >= 0.3 is 0 Å². The van der Waals surface area contributed by atoms with Gasteiger partial charge in [0.25, 0.3) is 0 Å². The highest BCUT2D eigenvalue weighted by molar-refractivity contribution is 5.93. The lowest BCUT2D eigenvalue weighted by Gasteiger charge is -2.18. The number of likely N-dealkylation sites (tertiary alicyclic amines) is 1. The Labute approximate surface area is 127 Å². The number of hydrogen-bond acceptors (Lipinski definition) is 2. The number of rotatable bonds is 3. The molecule has 3 rings (SSSR count). The van der Waals surface area contributed by atoms with Gasteiger partial charge in [-0.1, -0.05) is 24.1 Å². The summed E-state index contributed by atoms with van der Waals surface area (Å²) >= 11 is 0. The summed E-state index contributed by atoms with van der Waals surface area (Å²) in [6.07, 6.45) is 4.11. The summed E-state index contributed by atoms with van der Waals surface area (Å²) in [6.45, 7) is 8.99. The molecule has 0 radical (unpaired) electrons. The van der Waals surface area contributed by atoms with Crippen molar-refractivity contribution in [3.63, 3.8) is 0 Å². The summed E-state index contributed by atoms with van der Waals surface area (Å²) in [5, 5.41) is 3.12. The van der Waals surface area contributed by atoms with Crippen LogP contribution in [0, 0.1) is 32.6 Å². The van der Waals surface area contributed by atoms with Crippen molar-refractivity contribution >= 4 is 11.6 Å². The quantitative estimate of drug-likeness (QED) is 0.925. The van der Waals surface area contributed by atoms with Crippen molar-refractivity contribution in [1.82, 2.24) is 4.90 Å². The van der Waals surface area contributed by atoms with Crippen LogP contribution >= 0.6 is 0 Å². The average molecular weight is 286 g/mol. The molecule has 21 heavy (non-hydrogen) atoms. The Morgan fingerprint density at radius 1 is 1.14 bits per heavy atom. The van der Waals surface area contributed by atoms with Gasteiger partial charge in [0.1, 0.15) is 0 Å². The number of carbonyl (C=O) groups excluding carboxylic acids is 1. The normalized spacial score (nSPS) is 25.1. The maximum absolute atomic E-state index is 12.3. The molecule has 0 spiro atoms. The van der Waals surface area contributed by atoms with Gasteiger partial charge in [0, 0.05) is 18.8 Å². The number of benzene rings is 1. The number of fused-ring (bicyclic) bond motifs is 1. The molecule has 1 N–H and O–H groups in total. The average Bonchev–Trinajstić information content (AvgIpc) is 2.94. The van der Waals surface area contributed by atoms with Crippen molar-refractivity contribution in [3.8, 4) is 0 Å². The third-order valence-electron chi connectivity index (χ3n) is 5.11. The topological polar surface area (TPSA) is 32.3 Å². The number of hydrogen-bond donors (Lipinski definition) is 1. The Morgan fingerprint density at radius 3 is 2.29 bits per heavy atom. The largest absolute Gasteiger partial charge is 0.324 e. The minimum Gasteiger partial charge on any atom is -0.324 e. The molecule has 1 aliphatic heterocycles. The van der Waals surface area contributed by atoms with Crippen molar-refractivity contribution in [3.05, 3.63) is 28.8 Å². The van der Waals surface area contributed by atoms with Crippen LogP contribution in [-0.2, 0) is 4.79 Å². The lowest BCUT2D eigenvalue weighted by Crippen LogP contribution is -2.32. The van der Waals surface area contributed by atoms with Crippen LogP contribution in [0.1, 0.15) is 36.0 Å². The van der Waals surface area contributed by atoms with E-state index in [1.54, 1.807) is 0 Å². The molecule has 1 aromatic rings. The predicted molar refractivity (Wildman–Crippen MR) is 86.6 cm³/mol. The highest BCUT2D eigenvalue weighted by Crippen LogP contribution is 2.37. The molecule has 0 aromatic heterocycles. The van der Waals surface area contributed by atoms with E-state index in [4.69, 9.17) is 0 Å². The molecule has 1 aromatic carbocycles. The van der Waals surface area contributed by atoms with Crippen LogP contribution in [0.15, 0.2) is 12.1 Å². The molecule has 0 bridgehead atoms. The monoisotopic (exact) mass is 286 g/mol. The molecular weight excluding hydrogens is 260 g/mol. The number of carbonyl (C=O) groups is 1. The highest BCUT2D eigenvalue weighted by Gasteiger charge is 2.36. The van der Waals surface area contributed by atoms with E-state index in [9.17, 15) is 4.79 Å². The fraction of sp³-hybridized carbons (Fsp3) is 0.611. The van der Waals surface area contributed by atoms with E-state index in [1.165, 1.54) is 24.8 Å². The molecule has 114 valence electrons. The molecule has 2 atom stereocenters. The van der Waals surface area contributed by atoms with Crippen LogP contribution in [0.4, 0.5) is 5.69 Å². The van der Waals surface area contributed by atoms with E-state index in [-0.39, 0.29) is 5.91 Å². The highest BCUT2D eigenvalue weighted by atomic mass is 16.2. The molecule has 3 nitrogen and oxygen atoms in total. The number of nitrogens with zero attached hydrogens (tertiary/aromatic N) is 1. The van der Waals surface area contributed by atoms with E-state index < -0.39 is 0 Å². The molecule has 1 saturated carbocycles. The SMILES string of the molecule is Cc1cc(C)c(NC(=O)CN2CC3CCCC3C2)c(C)c1. The smallest absolute Gasteiger partial charge is 0.238 e. The van der Waals surface area contributed by atoms with Crippen LogP contribution in [0.5, 0.6) is 0 Å². The number of amides is 1. The second kappa shape index (κ2) is 5.80. The van der Waals surface area contributed by atoms with E-state index in [2.05, 4.69) is 43.1 Å². The van der Waals surface area contributed by atoms with Gasteiger partial charge in [-0.3, -0.25) is 9.69 Å². The van der Waals surface area contributed by atoms with E-state index in [0.29, 0.717) is 6.54 Å². The van der Waals surface area contributed by atoms with Crippen molar-refractivity contribution in [1.29, 1.82) is 0 Å². The van der Waals surface area contributed by atoms with Crippen molar-refractivity contribution in [2.45, 2.75) is 40.0 Å². The van der Waals surface area contributed by atoms with Crippen LogP contribution < -0.4 is 5.32 Å². The molecule has 1 saturated heterocycles. The standard InChI is InChI=1S/C18H26N2O/c1-12-7-13(2)18(14(3)8-12)19-17(21)11-20-9-15-5-4-6-16(15)10-20/h7-8,15-16H,4-6,9-11H2,1-3H3,(H,19,21). The Kier molecular flexibility index (Phi) is 4.03. The first-order chi connectivity index (χ1) is 10.0. The molecule has 1 amide bonds. The molecule has 2 unspecified atom stereocenters. The van der Waals surface area contributed by atoms with Crippen molar-refractivity contribution in [2.24, 2.45) is 11.8 Å². The van der Waals surface area contributed by atoms with E-state index in [1.807, 2.05) is 0 Å². The van der Waals surface area contributed by atoms with Crippen LogP contribution in [0.25, 0.3) is 0 Å². The molecular formula is C18H26N2O. The van der Waals surface area contributed by atoms with Crippen molar-refractivity contribution in [2.75, 3.05) is 25.0 Å². The van der Waals surface area contributed by atoms with Gasteiger partial charge in [0.2, 0.25) is 5.91 Å². The van der Waals surface area contributed by atoms with Gasteiger partial charge in [0.05, 0.1) is 6.54 Å². The lowest BCUT2D eigenvalue weighted by atomic mass is 10.0. The second-order valence-electron chi connectivity index (χ2n) is 6.97. The third-order valence-corrected chi connectivity index (χ3v) is 5.11. The Hall–Kier alpha value is -1.35. The lowest BCUT2D eigenvalue weighted by molar-refractivity contribution is -0.117. The summed E-state index contributed by atoms with van der Waals surface area (Å²) in [5.41, 5.74) is 4.54. The van der Waals surface area contributed by atoms with Crippen molar-refractivity contribution < 1.29 is 4.79 Å². The zero-order chi connectivity index (χ0) is 15.0. The molecule has 1 aliphatic carbocycles. The molecule has 2 fully saturated rings. The predicted octanol–water partition coefficient (Wildman–Crippen LogP) is 3.28. The minimum absolute atomic E-state index is 0.130. The summed E-state index contributed by atoms with van der Waals surface area (Å²) in [4.78, 5) is 14.7. The molecule has 1 heterocycles. The first-order valence-electron chi connectivity index (χ1n) is 8.13. The number of anilines is 1. The summed E-state index contributed by atoms with van der Waals surface area (Å²) in [5.74, 6) is 1.83. The maximum atomic E-state index is 12.3. The maximum Gasteiger partial charge on any atom is 0.238 e. The fourth-order valence-corrected chi connectivity index (χ4v) is 4.22. The zero-order valence-corrected chi connectivity index (χ0v) is 13.4. The van der Waals surface area contributed by atoms with Gasteiger partial charge in [0.15, 0.2) is 0 Å².